The number of hydrogen-bond acceptors (Lipinski definition) is 5. The van der Waals surface area contributed by atoms with Crippen LogP contribution in [0.3, 0.4) is 0 Å². The van der Waals surface area contributed by atoms with Crippen LogP contribution >= 0.6 is 0 Å². The molecule has 1 fully saturated rings. The minimum Gasteiger partial charge on any atom is -0.263 e. The van der Waals surface area contributed by atoms with Gasteiger partial charge in [-0.3, -0.25) is 10.1 Å². The monoisotopic (exact) mass is 340 g/mol. The molecule has 1 saturated heterocycles. The molecule has 0 radical (unpaired) electrons. The van der Waals surface area contributed by atoms with Gasteiger partial charge < -0.3 is 0 Å². The van der Waals surface area contributed by atoms with Crippen molar-refractivity contribution >= 4 is 9.84 Å². The van der Waals surface area contributed by atoms with Gasteiger partial charge in [-0.05, 0) is 24.3 Å². The second-order valence-corrected chi connectivity index (χ2v) is 8.70. The quantitative estimate of drug-likeness (QED) is 0.586. The topological polar surface area (TPSA) is 80.5 Å². The van der Waals surface area contributed by atoms with Crippen molar-refractivity contribution in [1.29, 1.82) is 0 Å². The number of benzene rings is 1. The van der Waals surface area contributed by atoms with Crippen LogP contribution in [0.1, 0.15) is 37.7 Å². The molecular weight excluding hydrogens is 316 g/mol. The SMILES string of the molecule is CC(CCN1CCC(S(C)(=O)=O)CC1[N+](=O)[O-])c1ccccc1. The summed E-state index contributed by atoms with van der Waals surface area (Å²) in [6.45, 7) is 3.18. The summed E-state index contributed by atoms with van der Waals surface area (Å²) >= 11 is 0. The van der Waals surface area contributed by atoms with Gasteiger partial charge in [-0.2, -0.15) is 0 Å². The van der Waals surface area contributed by atoms with Crippen LogP contribution in [0, 0.1) is 10.1 Å². The lowest BCUT2D eigenvalue weighted by molar-refractivity contribution is -0.554. The number of piperidine rings is 1. The average molecular weight is 340 g/mol. The molecule has 128 valence electrons. The smallest absolute Gasteiger partial charge is 0.263 e. The standard InChI is InChI=1S/C16H24N2O4S/c1-13(14-6-4-3-5-7-14)8-10-17-11-9-15(23(2,21)22)12-16(17)18(19)20/h3-7,13,15-16H,8-12H2,1-2H3. The zero-order chi connectivity index (χ0) is 17.0. The maximum atomic E-state index is 11.7. The highest BCUT2D eigenvalue weighted by Crippen LogP contribution is 2.25. The number of hydrogen-bond donors (Lipinski definition) is 0. The van der Waals surface area contributed by atoms with Gasteiger partial charge >= 0.3 is 0 Å². The van der Waals surface area contributed by atoms with E-state index in [0.717, 1.165) is 6.42 Å². The van der Waals surface area contributed by atoms with Crippen molar-refractivity contribution < 1.29 is 13.3 Å². The molecule has 1 aliphatic rings. The van der Waals surface area contributed by atoms with Gasteiger partial charge in [-0.25, -0.2) is 13.3 Å². The first kappa shape index (κ1) is 17.9. The minimum absolute atomic E-state index is 0.0888. The Hall–Kier alpha value is -1.47. The van der Waals surface area contributed by atoms with E-state index in [2.05, 4.69) is 19.1 Å². The Kier molecular flexibility index (Phi) is 5.75. The average Bonchev–Trinajstić information content (AvgIpc) is 2.52. The van der Waals surface area contributed by atoms with Crippen LogP contribution in [-0.4, -0.2) is 49.0 Å². The molecule has 3 atom stereocenters. The fraction of sp³-hybridized carbons (Fsp3) is 0.625. The Balaban J connectivity index is 1.98. The number of likely N-dealkylation sites (tertiary alicyclic amines) is 1. The lowest BCUT2D eigenvalue weighted by Gasteiger charge is -2.33. The van der Waals surface area contributed by atoms with E-state index in [1.54, 1.807) is 0 Å². The zero-order valence-corrected chi connectivity index (χ0v) is 14.4. The Labute approximate surface area is 137 Å². The van der Waals surface area contributed by atoms with Crippen LogP contribution in [0.15, 0.2) is 30.3 Å². The predicted octanol–water partition coefficient (Wildman–Crippen LogP) is 2.29. The molecule has 0 spiro atoms. The molecule has 0 bridgehead atoms. The van der Waals surface area contributed by atoms with Crippen LogP contribution in [0.25, 0.3) is 0 Å². The van der Waals surface area contributed by atoms with Gasteiger partial charge in [0.15, 0.2) is 9.84 Å². The van der Waals surface area contributed by atoms with E-state index in [1.807, 2.05) is 23.1 Å². The molecule has 0 aromatic heterocycles. The summed E-state index contributed by atoms with van der Waals surface area (Å²) in [6, 6.07) is 10.1. The Morgan fingerprint density at radius 1 is 1.35 bits per heavy atom. The van der Waals surface area contributed by atoms with Crippen molar-refractivity contribution in [1.82, 2.24) is 4.90 Å². The fourth-order valence-electron chi connectivity index (χ4n) is 3.14. The number of nitro groups is 1. The van der Waals surface area contributed by atoms with E-state index in [0.29, 0.717) is 25.4 Å². The van der Waals surface area contributed by atoms with E-state index in [9.17, 15) is 18.5 Å². The Bertz CT molecular complexity index is 633. The lowest BCUT2D eigenvalue weighted by Crippen LogP contribution is -2.50. The molecule has 6 nitrogen and oxygen atoms in total. The summed E-state index contributed by atoms with van der Waals surface area (Å²) in [7, 11) is -3.22. The van der Waals surface area contributed by atoms with E-state index in [4.69, 9.17) is 0 Å². The third kappa shape index (κ3) is 4.75. The summed E-state index contributed by atoms with van der Waals surface area (Å²) in [5.74, 6) is 0.316. The summed E-state index contributed by atoms with van der Waals surface area (Å²) in [5, 5.41) is 10.7. The fourth-order valence-corrected chi connectivity index (χ4v) is 4.19. The lowest BCUT2D eigenvalue weighted by atomic mass is 9.97. The van der Waals surface area contributed by atoms with Gasteiger partial charge in [0.25, 0.3) is 6.17 Å². The van der Waals surface area contributed by atoms with Crippen LogP contribution < -0.4 is 0 Å². The van der Waals surface area contributed by atoms with Crippen molar-refractivity contribution in [3.8, 4) is 0 Å². The normalized spacial score (nSPS) is 24.3. The number of sulfone groups is 1. The van der Waals surface area contributed by atoms with Gasteiger partial charge in [0.05, 0.1) is 5.25 Å². The summed E-state index contributed by atoms with van der Waals surface area (Å²) < 4.78 is 23.3. The molecule has 1 heterocycles. The third-order valence-corrected chi connectivity index (χ3v) is 6.34. The zero-order valence-electron chi connectivity index (χ0n) is 13.6. The van der Waals surface area contributed by atoms with E-state index in [1.165, 1.54) is 11.8 Å². The second kappa shape index (κ2) is 7.40. The number of rotatable bonds is 6. The third-order valence-electron chi connectivity index (χ3n) is 4.70. The van der Waals surface area contributed by atoms with E-state index < -0.39 is 21.3 Å². The van der Waals surface area contributed by atoms with Gasteiger partial charge in [0.2, 0.25) is 0 Å². The molecule has 0 N–H and O–H groups in total. The van der Waals surface area contributed by atoms with Crippen molar-refractivity contribution in [2.45, 2.75) is 43.5 Å². The summed E-state index contributed by atoms with van der Waals surface area (Å²) in [5.41, 5.74) is 1.22. The largest absolute Gasteiger partial charge is 0.269 e. The highest BCUT2D eigenvalue weighted by molar-refractivity contribution is 7.91. The first-order chi connectivity index (χ1) is 10.8. The van der Waals surface area contributed by atoms with Gasteiger partial charge in [0, 0.05) is 30.7 Å². The summed E-state index contributed by atoms with van der Waals surface area (Å²) in [4.78, 5) is 12.8. The first-order valence-electron chi connectivity index (χ1n) is 7.90. The Morgan fingerprint density at radius 2 is 2.00 bits per heavy atom. The van der Waals surface area contributed by atoms with Crippen LogP contribution in [0.2, 0.25) is 0 Å². The summed E-state index contributed by atoms with van der Waals surface area (Å²) in [6.07, 6.45) is 1.65. The maximum Gasteiger partial charge on any atom is 0.269 e. The van der Waals surface area contributed by atoms with Crippen LogP contribution in [0.4, 0.5) is 0 Å². The van der Waals surface area contributed by atoms with Gasteiger partial charge in [0.1, 0.15) is 0 Å². The van der Waals surface area contributed by atoms with Gasteiger partial charge in [-0.15, -0.1) is 0 Å². The molecular formula is C16H24N2O4S. The molecule has 0 aliphatic carbocycles. The molecule has 23 heavy (non-hydrogen) atoms. The molecule has 1 aromatic rings. The molecule has 0 amide bonds. The first-order valence-corrected chi connectivity index (χ1v) is 9.86. The molecule has 1 aromatic carbocycles. The van der Waals surface area contributed by atoms with Crippen LogP contribution in [-0.2, 0) is 9.84 Å². The molecule has 7 heteroatoms. The van der Waals surface area contributed by atoms with Crippen molar-refractivity contribution in [3.63, 3.8) is 0 Å². The molecule has 3 unspecified atom stereocenters. The minimum atomic E-state index is -3.22. The van der Waals surface area contributed by atoms with Crippen molar-refractivity contribution in [3.05, 3.63) is 46.0 Å². The Morgan fingerprint density at radius 3 is 2.57 bits per heavy atom. The van der Waals surface area contributed by atoms with E-state index in [-0.39, 0.29) is 11.3 Å². The maximum absolute atomic E-state index is 11.7. The van der Waals surface area contributed by atoms with E-state index >= 15 is 0 Å². The highest BCUT2D eigenvalue weighted by Gasteiger charge is 2.39. The molecule has 1 aliphatic heterocycles. The van der Waals surface area contributed by atoms with Gasteiger partial charge in [-0.1, -0.05) is 37.3 Å². The molecule has 2 rings (SSSR count). The van der Waals surface area contributed by atoms with Crippen molar-refractivity contribution in [2.75, 3.05) is 19.3 Å². The second-order valence-electron chi connectivity index (χ2n) is 6.38. The number of nitrogens with zero attached hydrogens (tertiary/aromatic N) is 2. The van der Waals surface area contributed by atoms with Crippen molar-refractivity contribution in [2.24, 2.45) is 0 Å². The highest BCUT2D eigenvalue weighted by atomic mass is 32.2. The molecule has 0 saturated carbocycles. The predicted molar refractivity (Wildman–Crippen MR) is 89.7 cm³/mol. The van der Waals surface area contributed by atoms with Crippen LogP contribution in [0.5, 0.6) is 0 Å².